The Balaban J connectivity index is 1.63. The van der Waals surface area contributed by atoms with Crippen molar-refractivity contribution in [2.24, 2.45) is 0 Å². The molecule has 0 bridgehead atoms. The van der Waals surface area contributed by atoms with Gasteiger partial charge in [-0.05, 0) is 36.4 Å². The zero-order valence-corrected chi connectivity index (χ0v) is 13.9. The molecule has 3 aromatic rings. The molecule has 0 aliphatic carbocycles. The van der Waals surface area contributed by atoms with E-state index in [4.69, 9.17) is 16.3 Å². The molecule has 25 heavy (non-hydrogen) atoms. The van der Waals surface area contributed by atoms with Crippen molar-refractivity contribution in [1.29, 1.82) is 0 Å². The molecule has 0 saturated heterocycles. The van der Waals surface area contributed by atoms with Crippen LogP contribution in [0, 0.1) is 0 Å². The molecule has 1 heterocycles. The van der Waals surface area contributed by atoms with Crippen LogP contribution in [0.1, 0.15) is 15.9 Å². The van der Waals surface area contributed by atoms with E-state index in [0.29, 0.717) is 10.6 Å². The molecule has 2 aromatic carbocycles. The molecule has 5 heteroatoms. The summed E-state index contributed by atoms with van der Waals surface area (Å²) in [6.07, 6.45) is 4.62. The summed E-state index contributed by atoms with van der Waals surface area (Å²) >= 11 is 5.77. The van der Waals surface area contributed by atoms with Crippen LogP contribution in [-0.2, 0) is 9.53 Å². The van der Waals surface area contributed by atoms with Gasteiger partial charge in [0.1, 0.15) is 0 Å². The fourth-order valence-corrected chi connectivity index (χ4v) is 2.45. The average Bonchev–Trinajstić information content (AvgIpc) is 2.65. The Morgan fingerprint density at radius 1 is 1.04 bits per heavy atom. The lowest BCUT2D eigenvalue weighted by molar-refractivity contribution is -0.136. The van der Waals surface area contributed by atoms with E-state index >= 15 is 0 Å². The first-order chi connectivity index (χ1) is 12.1. The second-order valence-corrected chi connectivity index (χ2v) is 5.73. The van der Waals surface area contributed by atoms with Gasteiger partial charge in [-0.3, -0.25) is 9.78 Å². The molecule has 0 unspecified atom stereocenters. The Labute approximate surface area is 149 Å². The van der Waals surface area contributed by atoms with Gasteiger partial charge in [-0.1, -0.05) is 35.9 Å². The Kier molecular flexibility index (Phi) is 5.21. The number of hydrogen-bond donors (Lipinski definition) is 0. The molecule has 0 radical (unpaired) electrons. The summed E-state index contributed by atoms with van der Waals surface area (Å²) in [5.74, 6) is -0.875. The van der Waals surface area contributed by atoms with E-state index in [9.17, 15) is 9.59 Å². The van der Waals surface area contributed by atoms with Crippen LogP contribution in [0.15, 0.2) is 66.9 Å². The zero-order valence-electron chi connectivity index (χ0n) is 13.2. The van der Waals surface area contributed by atoms with Crippen LogP contribution in [0.5, 0.6) is 0 Å². The first kappa shape index (κ1) is 16.9. The van der Waals surface area contributed by atoms with Gasteiger partial charge < -0.3 is 4.74 Å². The number of rotatable bonds is 5. The number of carbonyl (C=O) groups is 2. The molecule has 124 valence electrons. The number of halogens is 1. The number of ketones is 1. The average molecular weight is 352 g/mol. The molecule has 0 saturated carbocycles. The highest BCUT2D eigenvalue weighted by Gasteiger charge is 2.08. The van der Waals surface area contributed by atoms with E-state index < -0.39 is 5.97 Å². The molecule has 0 aliphatic heterocycles. The van der Waals surface area contributed by atoms with Crippen molar-refractivity contribution in [2.45, 2.75) is 0 Å². The normalized spacial score (nSPS) is 10.9. The molecule has 0 amide bonds. The van der Waals surface area contributed by atoms with Crippen molar-refractivity contribution in [2.75, 3.05) is 6.61 Å². The summed E-state index contributed by atoms with van der Waals surface area (Å²) in [5, 5.41) is 1.52. The maximum atomic E-state index is 12.0. The monoisotopic (exact) mass is 351 g/mol. The smallest absolute Gasteiger partial charge is 0.331 e. The van der Waals surface area contributed by atoms with E-state index in [0.717, 1.165) is 16.5 Å². The van der Waals surface area contributed by atoms with Crippen LogP contribution >= 0.6 is 11.6 Å². The number of pyridine rings is 1. The van der Waals surface area contributed by atoms with Crippen molar-refractivity contribution in [3.8, 4) is 0 Å². The number of benzene rings is 2. The number of nitrogens with zero attached hydrogens (tertiary/aromatic N) is 1. The van der Waals surface area contributed by atoms with Gasteiger partial charge in [-0.15, -0.1) is 0 Å². The lowest BCUT2D eigenvalue weighted by Crippen LogP contribution is -2.12. The first-order valence-electron chi connectivity index (χ1n) is 7.61. The van der Waals surface area contributed by atoms with Crippen molar-refractivity contribution < 1.29 is 14.3 Å². The number of Topliss-reactive ketones (excluding diaryl/α,β-unsaturated/α-hetero) is 1. The summed E-state index contributed by atoms with van der Waals surface area (Å²) in [4.78, 5) is 28.1. The fraction of sp³-hybridized carbons (Fsp3) is 0.0500. The van der Waals surface area contributed by atoms with Crippen molar-refractivity contribution in [3.63, 3.8) is 0 Å². The summed E-state index contributed by atoms with van der Waals surface area (Å²) in [7, 11) is 0. The highest BCUT2D eigenvalue weighted by atomic mass is 35.5. The van der Waals surface area contributed by atoms with Crippen LogP contribution in [0.3, 0.4) is 0 Å². The predicted octanol–water partition coefficient (Wildman–Crippen LogP) is 4.33. The minimum Gasteiger partial charge on any atom is -0.454 e. The molecule has 0 N–H and O–H groups in total. The van der Waals surface area contributed by atoms with Gasteiger partial charge in [0.05, 0.1) is 5.52 Å². The van der Waals surface area contributed by atoms with Gasteiger partial charge >= 0.3 is 5.97 Å². The van der Waals surface area contributed by atoms with Crippen molar-refractivity contribution in [1.82, 2.24) is 4.98 Å². The number of ether oxygens (including phenoxy) is 1. The Hall–Kier alpha value is -2.98. The second kappa shape index (κ2) is 7.73. The van der Waals surface area contributed by atoms with Gasteiger partial charge in [-0.2, -0.15) is 0 Å². The molecule has 3 rings (SSSR count). The molecule has 0 aliphatic rings. The van der Waals surface area contributed by atoms with E-state index in [-0.39, 0.29) is 12.4 Å². The molecule has 0 atom stereocenters. The molecular formula is C20H14ClNO3. The van der Waals surface area contributed by atoms with Gasteiger partial charge in [0.2, 0.25) is 0 Å². The molecule has 0 fully saturated rings. The summed E-state index contributed by atoms with van der Waals surface area (Å²) in [6, 6.07) is 15.9. The number of esters is 1. The number of aromatic nitrogens is 1. The van der Waals surface area contributed by atoms with Gasteiger partial charge in [-0.25, -0.2) is 4.79 Å². The minimum absolute atomic E-state index is 0.287. The first-order valence-corrected chi connectivity index (χ1v) is 7.98. The quantitative estimate of drug-likeness (QED) is 0.390. The Bertz CT molecular complexity index is 943. The minimum atomic E-state index is -0.588. The number of para-hydroxylation sites is 1. The Morgan fingerprint density at radius 3 is 2.60 bits per heavy atom. The third-order valence-corrected chi connectivity index (χ3v) is 3.83. The summed E-state index contributed by atoms with van der Waals surface area (Å²) in [5.41, 5.74) is 2.05. The standard InChI is InChI=1S/C20H14ClNO3/c21-17-9-6-14(7-10-17)18(23)13-25-19(24)11-8-16-4-1-3-15-5-2-12-22-20(15)16/h1-12H,13H2/b11-8+. The molecular weight excluding hydrogens is 338 g/mol. The van der Waals surface area contributed by atoms with Crippen LogP contribution in [-0.4, -0.2) is 23.3 Å². The SMILES string of the molecule is O=C(/C=C/c1cccc2cccnc12)OCC(=O)c1ccc(Cl)cc1. The topological polar surface area (TPSA) is 56.3 Å². The maximum Gasteiger partial charge on any atom is 0.331 e. The van der Waals surface area contributed by atoms with E-state index in [1.54, 1.807) is 36.5 Å². The summed E-state index contributed by atoms with van der Waals surface area (Å²) in [6.45, 7) is -0.321. The van der Waals surface area contributed by atoms with E-state index in [1.807, 2.05) is 30.3 Å². The van der Waals surface area contributed by atoms with Crippen LogP contribution in [0.25, 0.3) is 17.0 Å². The van der Waals surface area contributed by atoms with Crippen molar-refractivity contribution >= 4 is 40.3 Å². The lowest BCUT2D eigenvalue weighted by Gasteiger charge is -2.03. The molecule has 1 aromatic heterocycles. The largest absolute Gasteiger partial charge is 0.454 e. The molecule has 4 nitrogen and oxygen atoms in total. The number of hydrogen-bond acceptors (Lipinski definition) is 4. The Morgan fingerprint density at radius 2 is 1.80 bits per heavy atom. The zero-order chi connectivity index (χ0) is 17.6. The third kappa shape index (κ3) is 4.31. The van der Waals surface area contributed by atoms with E-state index in [1.165, 1.54) is 6.08 Å². The lowest BCUT2D eigenvalue weighted by atomic mass is 10.1. The number of carbonyl (C=O) groups excluding carboxylic acids is 2. The van der Waals surface area contributed by atoms with Gasteiger partial charge in [0.25, 0.3) is 0 Å². The molecule has 0 spiro atoms. The van der Waals surface area contributed by atoms with Crippen LogP contribution < -0.4 is 0 Å². The third-order valence-electron chi connectivity index (χ3n) is 3.57. The second-order valence-electron chi connectivity index (χ2n) is 5.29. The number of fused-ring (bicyclic) bond motifs is 1. The highest BCUT2D eigenvalue weighted by Crippen LogP contribution is 2.17. The predicted molar refractivity (Wildman–Crippen MR) is 97.5 cm³/mol. The van der Waals surface area contributed by atoms with Gasteiger partial charge in [0, 0.05) is 33.8 Å². The van der Waals surface area contributed by atoms with Crippen molar-refractivity contribution in [3.05, 3.63) is 83.0 Å². The maximum absolute atomic E-state index is 12.0. The van der Waals surface area contributed by atoms with E-state index in [2.05, 4.69) is 4.98 Å². The van der Waals surface area contributed by atoms with Crippen LogP contribution in [0.4, 0.5) is 0 Å². The van der Waals surface area contributed by atoms with Crippen LogP contribution in [0.2, 0.25) is 5.02 Å². The fourth-order valence-electron chi connectivity index (χ4n) is 2.32. The summed E-state index contributed by atoms with van der Waals surface area (Å²) < 4.78 is 4.99. The van der Waals surface area contributed by atoms with Gasteiger partial charge in [0.15, 0.2) is 12.4 Å². The highest BCUT2D eigenvalue weighted by molar-refractivity contribution is 6.30.